The summed E-state index contributed by atoms with van der Waals surface area (Å²) in [7, 11) is 0. The van der Waals surface area contributed by atoms with Crippen LogP contribution in [0, 0.1) is 13.8 Å². The van der Waals surface area contributed by atoms with Gasteiger partial charge in [-0.05, 0) is 20.3 Å². The average molecular weight is 248 g/mol. The Morgan fingerprint density at radius 1 is 1.29 bits per heavy atom. The highest BCUT2D eigenvalue weighted by molar-refractivity contribution is 7.11. The van der Waals surface area contributed by atoms with E-state index >= 15 is 0 Å². The Hall–Kier alpha value is -1.49. The van der Waals surface area contributed by atoms with E-state index in [1.54, 1.807) is 11.3 Å². The Morgan fingerprint density at radius 3 is 2.76 bits per heavy atom. The summed E-state index contributed by atoms with van der Waals surface area (Å²) in [6, 6.07) is 1.95. The number of hydrogen-bond donors (Lipinski definition) is 1. The van der Waals surface area contributed by atoms with Gasteiger partial charge >= 0.3 is 0 Å². The van der Waals surface area contributed by atoms with Crippen molar-refractivity contribution in [2.45, 2.75) is 33.7 Å². The molecule has 0 unspecified atom stereocenters. The molecule has 4 nitrogen and oxygen atoms in total. The van der Waals surface area contributed by atoms with Crippen molar-refractivity contribution in [1.29, 1.82) is 0 Å². The quantitative estimate of drug-likeness (QED) is 0.904. The molecule has 0 aromatic carbocycles. The first-order chi connectivity index (χ1) is 8.17. The Bertz CT molecular complexity index is 487. The molecule has 1 N–H and O–H groups in total. The molecule has 0 atom stereocenters. The molecular weight excluding hydrogens is 232 g/mol. The molecule has 0 amide bonds. The van der Waals surface area contributed by atoms with Gasteiger partial charge in [0, 0.05) is 22.8 Å². The van der Waals surface area contributed by atoms with Crippen molar-refractivity contribution >= 4 is 17.2 Å². The van der Waals surface area contributed by atoms with Crippen molar-refractivity contribution in [3.8, 4) is 0 Å². The number of nitrogens with one attached hydrogen (secondary N) is 1. The van der Waals surface area contributed by atoms with Crippen LogP contribution in [0.3, 0.4) is 0 Å². The maximum Gasteiger partial charge on any atom is 0.130 e. The topological polar surface area (TPSA) is 50.7 Å². The van der Waals surface area contributed by atoms with Gasteiger partial charge < -0.3 is 5.32 Å². The second kappa shape index (κ2) is 5.23. The standard InChI is InChI=1S/C12H16N4S/c1-4-10-6-14-12(17-10)7-13-11-5-8(2)15-9(3)16-11/h5-6H,4,7H2,1-3H3,(H,13,15,16). The van der Waals surface area contributed by atoms with E-state index < -0.39 is 0 Å². The fraction of sp³-hybridized carbons (Fsp3) is 0.417. The first kappa shape index (κ1) is 12.0. The molecule has 0 aliphatic heterocycles. The van der Waals surface area contributed by atoms with Crippen LogP contribution in [0.25, 0.3) is 0 Å². The summed E-state index contributed by atoms with van der Waals surface area (Å²) < 4.78 is 0. The van der Waals surface area contributed by atoms with E-state index in [1.165, 1.54) is 4.88 Å². The van der Waals surface area contributed by atoms with Crippen LogP contribution in [0.5, 0.6) is 0 Å². The minimum absolute atomic E-state index is 0.723. The van der Waals surface area contributed by atoms with Crippen LogP contribution in [0.1, 0.15) is 28.3 Å². The lowest BCUT2D eigenvalue weighted by Crippen LogP contribution is -2.03. The lowest BCUT2D eigenvalue weighted by molar-refractivity contribution is 0.987. The molecule has 90 valence electrons. The van der Waals surface area contributed by atoms with E-state index in [4.69, 9.17) is 0 Å². The minimum atomic E-state index is 0.723. The summed E-state index contributed by atoms with van der Waals surface area (Å²) in [5.41, 5.74) is 0.980. The highest BCUT2D eigenvalue weighted by Crippen LogP contribution is 2.15. The monoisotopic (exact) mass is 248 g/mol. The number of aromatic nitrogens is 3. The van der Waals surface area contributed by atoms with Crippen molar-refractivity contribution in [3.63, 3.8) is 0 Å². The third-order valence-corrected chi connectivity index (χ3v) is 3.48. The van der Waals surface area contributed by atoms with Gasteiger partial charge in [0.1, 0.15) is 16.6 Å². The number of thiazole rings is 1. The van der Waals surface area contributed by atoms with E-state index in [-0.39, 0.29) is 0 Å². The van der Waals surface area contributed by atoms with Crippen LogP contribution in [0.15, 0.2) is 12.3 Å². The lowest BCUT2D eigenvalue weighted by Gasteiger charge is -2.04. The summed E-state index contributed by atoms with van der Waals surface area (Å²) in [5, 5.41) is 4.37. The number of rotatable bonds is 4. The SMILES string of the molecule is CCc1cnc(CNc2cc(C)nc(C)n2)s1. The van der Waals surface area contributed by atoms with Crippen LogP contribution in [0.2, 0.25) is 0 Å². The van der Waals surface area contributed by atoms with E-state index in [0.29, 0.717) is 0 Å². The van der Waals surface area contributed by atoms with Gasteiger partial charge in [-0.25, -0.2) is 15.0 Å². The molecule has 0 fully saturated rings. The van der Waals surface area contributed by atoms with Gasteiger partial charge in [-0.3, -0.25) is 0 Å². The molecule has 2 heterocycles. The van der Waals surface area contributed by atoms with Gasteiger partial charge in [0.25, 0.3) is 0 Å². The van der Waals surface area contributed by atoms with Crippen molar-refractivity contribution in [1.82, 2.24) is 15.0 Å². The van der Waals surface area contributed by atoms with Gasteiger partial charge in [-0.1, -0.05) is 6.92 Å². The zero-order valence-corrected chi connectivity index (χ0v) is 11.1. The normalized spacial score (nSPS) is 10.5. The van der Waals surface area contributed by atoms with E-state index in [0.717, 1.165) is 35.3 Å². The zero-order valence-electron chi connectivity index (χ0n) is 10.3. The number of aryl methyl sites for hydroxylation is 3. The average Bonchev–Trinajstić information content (AvgIpc) is 2.73. The Labute approximate surface area is 105 Å². The number of hydrogen-bond acceptors (Lipinski definition) is 5. The smallest absolute Gasteiger partial charge is 0.130 e. The molecule has 17 heavy (non-hydrogen) atoms. The highest BCUT2D eigenvalue weighted by atomic mass is 32.1. The molecule has 0 bridgehead atoms. The third-order valence-electron chi connectivity index (χ3n) is 2.34. The van der Waals surface area contributed by atoms with Crippen molar-refractivity contribution in [2.75, 3.05) is 5.32 Å². The summed E-state index contributed by atoms with van der Waals surface area (Å²) in [6.07, 6.45) is 2.99. The number of nitrogens with zero attached hydrogens (tertiary/aromatic N) is 3. The van der Waals surface area contributed by atoms with Crippen molar-refractivity contribution in [2.24, 2.45) is 0 Å². The fourth-order valence-electron chi connectivity index (χ4n) is 1.57. The molecule has 2 aromatic heterocycles. The van der Waals surface area contributed by atoms with Crippen molar-refractivity contribution in [3.05, 3.63) is 33.7 Å². The van der Waals surface area contributed by atoms with Crippen LogP contribution in [0.4, 0.5) is 5.82 Å². The molecule has 0 radical (unpaired) electrons. The van der Waals surface area contributed by atoms with Gasteiger partial charge in [0.05, 0.1) is 6.54 Å². The summed E-state index contributed by atoms with van der Waals surface area (Å²) in [6.45, 7) is 6.73. The molecule has 0 saturated heterocycles. The molecule has 0 aliphatic carbocycles. The Kier molecular flexibility index (Phi) is 3.68. The molecule has 0 spiro atoms. The molecule has 5 heteroatoms. The Balaban J connectivity index is 2.01. The summed E-state index contributed by atoms with van der Waals surface area (Å²) >= 11 is 1.74. The highest BCUT2D eigenvalue weighted by Gasteiger charge is 2.02. The van der Waals surface area contributed by atoms with Gasteiger partial charge in [-0.2, -0.15) is 0 Å². The first-order valence-corrected chi connectivity index (χ1v) is 6.48. The van der Waals surface area contributed by atoms with Crippen LogP contribution < -0.4 is 5.32 Å². The predicted octanol–water partition coefficient (Wildman–Crippen LogP) is 2.72. The maximum absolute atomic E-state index is 4.36. The molecule has 2 rings (SSSR count). The van der Waals surface area contributed by atoms with Crippen LogP contribution >= 0.6 is 11.3 Å². The lowest BCUT2D eigenvalue weighted by atomic mass is 10.4. The van der Waals surface area contributed by atoms with Crippen LogP contribution in [-0.4, -0.2) is 15.0 Å². The fourth-order valence-corrected chi connectivity index (χ4v) is 2.37. The number of anilines is 1. The molecule has 0 aliphatic rings. The summed E-state index contributed by atoms with van der Waals surface area (Å²) in [4.78, 5) is 14.2. The Morgan fingerprint density at radius 2 is 2.12 bits per heavy atom. The molecule has 2 aromatic rings. The predicted molar refractivity (Wildman–Crippen MR) is 70.3 cm³/mol. The molecule has 0 saturated carbocycles. The summed E-state index contributed by atoms with van der Waals surface area (Å²) in [5.74, 6) is 1.66. The second-order valence-corrected chi connectivity index (χ2v) is 5.07. The second-order valence-electron chi connectivity index (χ2n) is 3.87. The zero-order chi connectivity index (χ0) is 12.3. The largest absolute Gasteiger partial charge is 0.363 e. The molecular formula is C12H16N4S. The first-order valence-electron chi connectivity index (χ1n) is 5.67. The van der Waals surface area contributed by atoms with Crippen molar-refractivity contribution < 1.29 is 0 Å². The maximum atomic E-state index is 4.36. The van der Waals surface area contributed by atoms with Crippen LogP contribution in [-0.2, 0) is 13.0 Å². The van der Waals surface area contributed by atoms with E-state index in [9.17, 15) is 0 Å². The van der Waals surface area contributed by atoms with Gasteiger partial charge in [0.15, 0.2) is 0 Å². The third kappa shape index (κ3) is 3.23. The van der Waals surface area contributed by atoms with Gasteiger partial charge in [-0.15, -0.1) is 11.3 Å². The van der Waals surface area contributed by atoms with E-state index in [2.05, 4.69) is 27.2 Å². The van der Waals surface area contributed by atoms with Gasteiger partial charge in [0.2, 0.25) is 0 Å². The van der Waals surface area contributed by atoms with E-state index in [1.807, 2.05) is 26.1 Å². The minimum Gasteiger partial charge on any atom is -0.363 e.